The van der Waals surface area contributed by atoms with Gasteiger partial charge in [-0.1, -0.05) is 24.6 Å². The van der Waals surface area contributed by atoms with Crippen LogP contribution in [-0.4, -0.2) is 12.9 Å². The molecule has 1 aromatic carbocycles. The molecule has 4 atom stereocenters. The van der Waals surface area contributed by atoms with E-state index in [1.54, 1.807) is 18.3 Å². The molecule has 27 heavy (non-hydrogen) atoms. The minimum Gasteiger partial charge on any atom is -0.497 e. The molecule has 0 saturated heterocycles. The van der Waals surface area contributed by atoms with E-state index in [0.717, 1.165) is 36.8 Å². The quantitative estimate of drug-likeness (QED) is 0.646. The van der Waals surface area contributed by atoms with E-state index in [-0.39, 0.29) is 0 Å². The fourth-order valence-corrected chi connectivity index (χ4v) is 6.94. The van der Waals surface area contributed by atoms with Gasteiger partial charge in [-0.2, -0.15) is 0 Å². The van der Waals surface area contributed by atoms with Crippen LogP contribution in [0.2, 0.25) is 0 Å². The number of hydrogen-bond acceptors (Lipinski definition) is 2. The molecule has 2 heteroatoms. The third-order valence-electron chi connectivity index (χ3n) is 8.23. The molecule has 0 aromatic heterocycles. The number of ether oxygens (including phenoxy) is 1. The summed E-state index contributed by atoms with van der Waals surface area (Å²) < 4.78 is 5.50. The van der Waals surface area contributed by atoms with Gasteiger partial charge in [0, 0.05) is 6.42 Å². The third kappa shape index (κ3) is 2.63. The maximum atomic E-state index is 11.9. The summed E-state index contributed by atoms with van der Waals surface area (Å²) in [6, 6.07) is 8.78. The summed E-state index contributed by atoms with van der Waals surface area (Å²) >= 11 is 0. The van der Waals surface area contributed by atoms with Crippen molar-refractivity contribution in [1.82, 2.24) is 0 Å². The van der Waals surface area contributed by atoms with Crippen molar-refractivity contribution in [2.24, 2.45) is 17.3 Å². The molecule has 0 heterocycles. The number of benzene rings is 1. The zero-order valence-corrected chi connectivity index (χ0v) is 16.6. The van der Waals surface area contributed by atoms with Crippen molar-refractivity contribution < 1.29 is 9.53 Å². The van der Waals surface area contributed by atoms with Gasteiger partial charge in [-0.25, -0.2) is 0 Å². The molecule has 0 radical (unpaired) electrons. The Kier molecular flexibility index (Phi) is 4.07. The average Bonchev–Trinajstić information content (AvgIpc) is 3.04. The van der Waals surface area contributed by atoms with E-state index in [9.17, 15) is 4.79 Å². The summed E-state index contributed by atoms with van der Waals surface area (Å²) in [6.45, 7) is 2.56. The highest BCUT2D eigenvalue weighted by molar-refractivity contribution is 5.93. The van der Waals surface area contributed by atoms with Crippen LogP contribution in [0.15, 0.2) is 47.1 Å². The van der Waals surface area contributed by atoms with E-state index < -0.39 is 0 Å². The van der Waals surface area contributed by atoms with Crippen LogP contribution in [-0.2, 0) is 4.79 Å². The molecule has 2 fully saturated rings. The van der Waals surface area contributed by atoms with Crippen LogP contribution < -0.4 is 4.74 Å². The highest BCUT2D eigenvalue weighted by Gasteiger charge is 2.53. The van der Waals surface area contributed by atoms with E-state index >= 15 is 0 Å². The van der Waals surface area contributed by atoms with Crippen molar-refractivity contribution in [1.29, 1.82) is 0 Å². The van der Waals surface area contributed by atoms with Crippen LogP contribution in [0.4, 0.5) is 0 Å². The van der Waals surface area contributed by atoms with Gasteiger partial charge in [0.1, 0.15) is 5.75 Å². The van der Waals surface area contributed by atoms with E-state index in [1.165, 1.54) is 43.2 Å². The van der Waals surface area contributed by atoms with Crippen LogP contribution in [0.5, 0.6) is 5.75 Å². The lowest BCUT2D eigenvalue weighted by molar-refractivity contribution is -0.114. The van der Waals surface area contributed by atoms with Gasteiger partial charge in [-0.05, 0) is 103 Å². The van der Waals surface area contributed by atoms with Crippen LogP contribution in [0.1, 0.15) is 69.8 Å². The van der Waals surface area contributed by atoms with Gasteiger partial charge in [-0.15, -0.1) is 0 Å². The first-order valence-electron chi connectivity index (χ1n) is 10.7. The van der Waals surface area contributed by atoms with Gasteiger partial charge < -0.3 is 4.74 Å². The Balaban J connectivity index is 1.49. The molecular weight excluding hydrogens is 332 g/mol. The van der Waals surface area contributed by atoms with Gasteiger partial charge >= 0.3 is 0 Å². The smallest absolute Gasteiger partial charge is 0.156 e. The molecule has 4 aliphatic rings. The van der Waals surface area contributed by atoms with Crippen LogP contribution in [0, 0.1) is 17.3 Å². The van der Waals surface area contributed by atoms with Crippen molar-refractivity contribution in [2.75, 3.05) is 7.11 Å². The van der Waals surface area contributed by atoms with E-state index in [4.69, 9.17) is 4.74 Å². The topological polar surface area (TPSA) is 26.3 Å². The van der Waals surface area contributed by atoms with Gasteiger partial charge in [0.05, 0.1) is 7.11 Å². The number of allylic oxidation sites excluding steroid dienone is 4. The van der Waals surface area contributed by atoms with E-state index in [0.29, 0.717) is 17.1 Å². The SMILES string of the molecule is COc1cccc([C@@H]2CC[C@H]3[C@@H]4CCC5=CC(=O)CCC5=C4CC[C@]23C)c1. The van der Waals surface area contributed by atoms with Crippen LogP contribution in [0.3, 0.4) is 0 Å². The second-order valence-corrected chi connectivity index (χ2v) is 9.30. The summed E-state index contributed by atoms with van der Waals surface area (Å²) in [5.41, 5.74) is 6.55. The Morgan fingerprint density at radius 3 is 2.81 bits per heavy atom. The van der Waals surface area contributed by atoms with Gasteiger partial charge in [-0.3, -0.25) is 4.79 Å². The normalized spacial score (nSPS) is 35.3. The molecule has 5 rings (SSSR count). The Morgan fingerprint density at radius 1 is 1.07 bits per heavy atom. The van der Waals surface area contributed by atoms with E-state index in [2.05, 4.69) is 31.2 Å². The van der Waals surface area contributed by atoms with Crippen LogP contribution in [0.25, 0.3) is 0 Å². The standard InChI is InChI=1S/C25H30O2/c1-25-13-12-21-20-9-7-18(26)14-16(20)6-8-22(21)24(25)11-10-23(25)17-4-3-5-19(15-17)27-2/h3-5,14-15,22-24H,6-13H2,1-2H3/t22-,23+,24+,25-/m1/s1. The molecule has 2 saturated carbocycles. The molecule has 0 N–H and O–H groups in total. The monoisotopic (exact) mass is 362 g/mol. The van der Waals surface area contributed by atoms with Gasteiger partial charge in [0.25, 0.3) is 0 Å². The number of fused-ring (bicyclic) bond motifs is 4. The fourth-order valence-electron chi connectivity index (χ4n) is 6.94. The highest BCUT2D eigenvalue weighted by atomic mass is 16.5. The Morgan fingerprint density at radius 2 is 1.96 bits per heavy atom. The summed E-state index contributed by atoms with van der Waals surface area (Å²) in [7, 11) is 1.76. The maximum Gasteiger partial charge on any atom is 0.156 e. The number of hydrogen-bond donors (Lipinski definition) is 0. The minimum absolute atomic E-state index is 0.340. The molecule has 142 valence electrons. The second-order valence-electron chi connectivity index (χ2n) is 9.30. The number of methoxy groups -OCH3 is 1. The minimum atomic E-state index is 0.340. The lowest BCUT2D eigenvalue weighted by atomic mass is 9.55. The predicted octanol–water partition coefficient (Wildman–Crippen LogP) is 5.98. The zero-order valence-electron chi connectivity index (χ0n) is 16.6. The molecule has 0 amide bonds. The van der Waals surface area contributed by atoms with E-state index in [1.807, 2.05) is 6.08 Å². The molecule has 2 nitrogen and oxygen atoms in total. The Hall–Kier alpha value is -1.83. The summed E-state index contributed by atoms with van der Waals surface area (Å²) in [5, 5.41) is 0. The Labute approximate surface area is 162 Å². The zero-order chi connectivity index (χ0) is 18.6. The van der Waals surface area contributed by atoms with Crippen molar-refractivity contribution in [3.05, 3.63) is 52.6 Å². The predicted molar refractivity (Wildman–Crippen MR) is 108 cm³/mol. The third-order valence-corrected chi connectivity index (χ3v) is 8.23. The number of carbonyl (C=O) groups excluding carboxylic acids is 1. The number of rotatable bonds is 2. The molecule has 4 aliphatic carbocycles. The van der Waals surface area contributed by atoms with Gasteiger partial charge in [0.15, 0.2) is 5.78 Å². The molecule has 0 aliphatic heterocycles. The number of carbonyl (C=O) groups is 1. The molecule has 1 aromatic rings. The molecule has 0 unspecified atom stereocenters. The van der Waals surface area contributed by atoms with Crippen molar-refractivity contribution in [2.45, 2.75) is 64.2 Å². The molecule has 0 bridgehead atoms. The summed E-state index contributed by atoms with van der Waals surface area (Å²) in [5.74, 6) is 3.52. The lowest BCUT2D eigenvalue weighted by Gasteiger charge is -2.49. The van der Waals surface area contributed by atoms with Crippen molar-refractivity contribution in [3.63, 3.8) is 0 Å². The molecular formula is C25H30O2. The first-order valence-corrected chi connectivity index (χ1v) is 10.7. The first-order chi connectivity index (χ1) is 13.1. The maximum absolute atomic E-state index is 11.9. The second kappa shape index (κ2) is 6.36. The lowest BCUT2D eigenvalue weighted by Crippen LogP contribution is -2.39. The Bertz CT molecular complexity index is 846. The first kappa shape index (κ1) is 17.3. The van der Waals surface area contributed by atoms with Crippen molar-refractivity contribution >= 4 is 5.78 Å². The largest absolute Gasteiger partial charge is 0.497 e. The molecule has 0 spiro atoms. The fraction of sp³-hybridized carbons (Fsp3) is 0.560. The van der Waals surface area contributed by atoms with Crippen molar-refractivity contribution in [3.8, 4) is 5.75 Å². The summed E-state index contributed by atoms with van der Waals surface area (Å²) in [4.78, 5) is 11.9. The summed E-state index contributed by atoms with van der Waals surface area (Å²) in [6.07, 6.45) is 11.2. The number of ketones is 1. The highest BCUT2D eigenvalue weighted by Crippen LogP contribution is 2.64. The van der Waals surface area contributed by atoms with Crippen LogP contribution >= 0.6 is 0 Å². The van der Waals surface area contributed by atoms with Gasteiger partial charge in [0.2, 0.25) is 0 Å². The average molecular weight is 363 g/mol.